The van der Waals surface area contributed by atoms with Crippen molar-refractivity contribution in [1.29, 1.82) is 0 Å². The topological polar surface area (TPSA) is 76.7 Å². The van der Waals surface area contributed by atoms with Crippen LogP contribution in [-0.4, -0.2) is 31.6 Å². The van der Waals surface area contributed by atoms with E-state index < -0.39 is 6.10 Å². The maximum absolute atomic E-state index is 12.4. The summed E-state index contributed by atoms with van der Waals surface area (Å²) in [4.78, 5) is 23.9. The standard InChI is InChI=1S/C22H28N2O4/c1-15(28-19-8-6-7-16(13-19)22(2,3)4)21(26)24-18-11-9-17(10-12-18)23-20(25)14-27-5/h6-13,15H,14H2,1-5H3,(H,23,25)(H,24,26). The van der Waals surface area contributed by atoms with Gasteiger partial charge in [-0.2, -0.15) is 0 Å². The Bertz CT molecular complexity index is 810. The Hall–Kier alpha value is -2.86. The maximum Gasteiger partial charge on any atom is 0.265 e. The van der Waals surface area contributed by atoms with Crippen molar-refractivity contribution in [3.8, 4) is 5.75 Å². The van der Waals surface area contributed by atoms with Gasteiger partial charge in [0.05, 0.1) is 0 Å². The van der Waals surface area contributed by atoms with Crippen molar-refractivity contribution < 1.29 is 19.1 Å². The van der Waals surface area contributed by atoms with Crippen molar-refractivity contribution in [3.05, 3.63) is 54.1 Å². The summed E-state index contributed by atoms with van der Waals surface area (Å²) in [5.41, 5.74) is 2.39. The van der Waals surface area contributed by atoms with E-state index in [1.54, 1.807) is 31.2 Å². The molecule has 0 aliphatic heterocycles. The SMILES string of the molecule is COCC(=O)Nc1ccc(NC(=O)C(C)Oc2cccc(C(C)(C)C)c2)cc1. The molecule has 0 fully saturated rings. The van der Waals surface area contributed by atoms with E-state index in [1.807, 2.05) is 24.3 Å². The van der Waals surface area contributed by atoms with Gasteiger partial charge in [-0.15, -0.1) is 0 Å². The number of carbonyl (C=O) groups is 2. The highest BCUT2D eigenvalue weighted by molar-refractivity contribution is 5.95. The van der Waals surface area contributed by atoms with Gasteiger partial charge in [0.25, 0.3) is 5.91 Å². The van der Waals surface area contributed by atoms with Gasteiger partial charge >= 0.3 is 0 Å². The molecular weight excluding hydrogens is 356 g/mol. The van der Waals surface area contributed by atoms with Crippen LogP contribution in [0, 0.1) is 0 Å². The molecule has 0 radical (unpaired) electrons. The van der Waals surface area contributed by atoms with Crippen LogP contribution in [0.3, 0.4) is 0 Å². The molecule has 0 aromatic heterocycles. The van der Waals surface area contributed by atoms with Crippen molar-refractivity contribution in [1.82, 2.24) is 0 Å². The van der Waals surface area contributed by atoms with Gasteiger partial charge in [-0.05, 0) is 54.3 Å². The van der Waals surface area contributed by atoms with Gasteiger partial charge in [-0.3, -0.25) is 9.59 Å². The first-order valence-electron chi connectivity index (χ1n) is 9.16. The molecule has 2 rings (SSSR count). The Balaban J connectivity index is 1.94. The van der Waals surface area contributed by atoms with Crippen LogP contribution >= 0.6 is 0 Å². The fraction of sp³-hybridized carbons (Fsp3) is 0.364. The summed E-state index contributed by atoms with van der Waals surface area (Å²) in [5, 5.41) is 5.51. The Morgan fingerprint density at radius 3 is 2.18 bits per heavy atom. The van der Waals surface area contributed by atoms with E-state index in [-0.39, 0.29) is 23.8 Å². The molecule has 28 heavy (non-hydrogen) atoms. The normalized spacial score (nSPS) is 12.2. The fourth-order valence-corrected chi connectivity index (χ4v) is 2.50. The third kappa shape index (κ3) is 6.39. The molecule has 1 unspecified atom stereocenters. The van der Waals surface area contributed by atoms with Crippen LogP contribution in [-0.2, 0) is 19.7 Å². The van der Waals surface area contributed by atoms with Gasteiger partial charge in [0.1, 0.15) is 12.4 Å². The number of rotatable bonds is 7. The predicted molar refractivity (Wildman–Crippen MR) is 111 cm³/mol. The largest absolute Gasteiger partial charge is 0.481 e. The second-order valence-electron chi connectivity index (χ2n) is 7.59. The lowest BCUT2D eigenvalue weighted by molar-refractivity contribution is -0.122. The molecule has 2 aromatic carbocycles. The van der Waals surface area contributed by atoms with Gasteiger partial charge in [0.15, 0.2) is 6.10 Å². The molecule has 0 aliphatic carbocycles. The van der Waals surface area contributed by atoms with E-state index in [2.05, 4.69) is 31.4 Å². The molecule has 6 heteroatoms. The monoisotopic (exact) mass is 384 g/mol. The van der Waals surface area contributed by atoms with Crippen molar-refractivity contribution in [2.75, 3.05) is 24.4 Å². The summed E-state index contributed by atoms with van der Waals surface area (Å²) in [6, 6.07) is 14.6. The van der Waals surface area contributed by atoms with Crippen molar-refractivity contribution in [3.63, 3.8) is 0 Å². The molecule has 150 valence electrons. The number of anilines is 2. The molecule has 6 nitrogen and oxygen atoms in total. The Morgan fingerprint density at radius 2 is 1.61 bits per heavy atom. The Morgan fingerprint density at radius 1 is 1.00 bits per heavy atom. The number of benzene rings is 2. The van der Waals surface area contributed by atoms with Gasteiger partial charge in [0.2, 0.25) is 5.91 Å². The average molecular weight is 384 g/mol. The minimum atomic E-state index is -0.656. The number of hydrogen-bond donors (Lipinski definition) is 2. The van der Waals surface area contributed by atoms with Gasteiger partial charge < -0.3 is 20.1 Å². The zero-order valence-electron chi connectivity index (χ0n) is 17.0. The molecule has 0 heterocycles. The highest BCUT2D eigenvalue weighted by Gasteiger charge is 2.18. The molecule has 2 N–H and O–H groups in total. The first kappa shape index (κ1) is 21.4. The van der Waals surface area contributed by atoms with Crippen molar-refractivity contribution in [2.45, 2.75) is 39.2 Å². The second-order valence-corrected chi connectivity index (χ2v) is 7.59. The van der Waals surface area contributed by atoms with E-state index in [0.717, 1.165) is 5.56 Å². The Kier molecular flexibility index (Phi) is 7.18. The zero-order valence-corrected chi connectivity index (χ0v) is 17.0. The molecule has 1 atom stereocenters. The lowest BCUT2D eigenvalue weighted by Gasteiger charge is -2.21. The fourth-order valence-electron chi connectivity index (χ4n) is 2.50. The average Bonchev–Trinajstić information content (AvgIpc) is 2.63. The summed E-state index contributed by atoms with van der Waals surface area (Å²) in [7, 11) is 1.46. The minimum absolute atomic E-state index is 0.00524. The maximum atomic E-state index is 12.4. The molecule has 2 amide bonds. The van der Waals surface area contributed by atoms with Gasteiger partial charge in [-0.1, -0.05) is 32.9 Å². The molecule has 0 aliphatic rings. The summed E-state index contributed by atoms with van der Waals surface area (Å²) >= 11 is 0. The lowest BCUT2D eigenvalue weighted by Crippen LogP contribution is -2.30. The zero-order chi connectivity index (χ0) is 20.7. The van der Waals surface area contributed by atoms with Gasteiger partial charge in [0, 0.05) is 18.5 Å². The van der Waals surface area contributed by atoms with Crippen molar-refractivity contribution in [2.24, 2.45) is 0 Å². The quantitative estimate of drug-likeness (QED) is 0.757. The first-order chi connectivity index (χ1) is 13.2. The van der Waals surface area contributed by atoms with Crippen LogP contribution in [0.15, 0.2) is 48.5 Å². The number of hydrogen-bond acceptors (Lipinski definition) is 4. The van der Waals surface area contributed by atoms with Crippen LogP contribution in [0.25, 0.3) is 0 Å². The Labute approximate surface area is 166 Å². The summed E-state index contributed by atoms with van der Waals surface area (Å²) in [6.07, 6.45) is -0.656. The molecule has 0 saturated carbocycles. The van der Waals surface area contributed by atoms with Crippen molar-refractivity contribution >= 4 is 23.2 Å². The van der Waals surface area contributed by atoms with E-state index in [0.29, 0.717) is 17.1 Å². The molecule has 0 bridgehead atoms. The van der Waals surface area contributed by atoms with E-state index in [1.165, 1.54) is 7.11 Å². The third-order valence-electron chi connectivity index (χ3n) is 4.09. The smallest absolute Gasteiger partial charge is 0.265 e. The number of ether oxygens (including phenoxy) is 2. The van der Waals surface area contributed by atoms with E-state index in [4.69, 9.17) is 9.47 Å². The van der Waals surface area contributed by atoms with E-state index in [9.17, 15) is 9.59 Å². The lowest BCUT2D eigenvalue weighted by atomic mass is 9.87. The highest BCUT2D eigenvalue weighted by atomic mass is 16.5. The molecule has 0 saturated heterocycles. The summed E-state index contributed by atoms with van der Waals surface area (Å²) < 4.78 is 10.6. The highest BCUT2D eigenvalue weighted by Crippen LogP contribution is 2.26. The molecule has 0 spiro atoms. The molecule has 2 aromatic rings. The van der Waals surface area contributed by atoms with Crippen LogP contribution < -0.4 is 15.4 Å². The van der Waals surface area contributed by atoms with Crippen LogP contribution in [0.1, 0.15) is 33.3 Å². The summed E-state index contributed by atoms with van der Waals surface area (Å²) in [5.74, 6) is 0.169. The van der Waals surface area contributed by atoms with Gasteiger partial charge in [-0.25, -0.2) is 0 Å². The number of amides is 2. The minimum Gasteiger partial charge on any atom is -0.481 e. The van der Waals surface area contributed by atoms with Crippen LogP contribution in [0.4, 0.5) is 11.4 Å². The summed E-state index contributed by atoms with van der Waals surface area (Å²) in [6.45, 7) is 8.08. The number of carbonyl (C=O) groups excluding carboxylic acids is 2. The van der Waals surface area contributed by atoms with Crippen LogP contribution in [0.2, 0.25) is 0 Å². The first-order valence-corrected chi connectivity index (χ1v) is 9.16. The predicted octanol–water partition coefficient (Wildman–Crippen LogP) is 3.98. The third-order valence-corrected chi connectivity index (χ3v) is 4.09. The second kappa shape index (κ2) is 9.37. The van der Waals surface area contributed by atoms with E-state index >= 15 is 0 Å². The van der Waals surface area contributed by atoms with Crippen LogP contribution in [0.5, 0.6) is 5.75 Å². The number of nitrogens with one attached hydrogen (secondary N) is 2. The number of methoxy groups -OCH3 is 1. The molecular formula is C22H28N2O4.